The minimum absolute atomic E-state index is 0.204. The summed E-state index contributed by atoms with van der Waals surface area (Å²) in [5, 5.41) is 15.5. The lowest BCUT2D eigenvalue weighted by Gasteiger charge is -2.29. The first kappa shape index (κ1) is 15.2. The van der Waals surface area contributed by atoms with Crippen LogP contribution in [0.25, 0.3) is 0 Å². The van der Waals surface area contributed by atoms with Crippen molar-refractivity contribution in [2.75, 3.05) is 5.75 Å². The molecule has 2 heterocycles. The molecule has 4 atom stereocenters. The van der Waals surface area contributed by atoms with E-state index in [0.717, 1.165) is 11.6 Å². The Bertz CT molecular complexity index is 411. The lowest BCUT2D eigenvalue weighted by molar-refractivity contribution is 0.116. The second kappa shape index (κ2) is 6.50. The maximum atomic E-state index is 9.84. The molecule has 4 nitrogen and oxygen atoms in total. The van der Waals surface area contributed by atoms with Crippen molar-refractivity contribution >= 4 is 23.5 Å². The third-order valence-electron chi connectivity index (χ3n) is 3.48. The van der Waals surface area contributed by atoms with E-state index in [9.17, 15) is 5.11 Å². The van der Waals surface area contributed by atoms with E-state index < -0.39 is 6.10 Å². The van der Waals surface area contributed by atoms with Crippen LogP contribution in [0, 0.1) is 5.92 Å². The molecular formula is C13H22N2O2S2. The molecule has 1 aliphatic rings. The fourth-order valence-electron chi connectivity index (χ4n) is 1.82. The van der Waals surface area contributed by atoms with Crippen LogP contribution in [0.15, 0.2) is 4.52 Å². The monoisotopic (exact) mass is 302 g/mol. The number of hydrogen-bond acceptors (Lipinski definition) is 6. The van der Waals surface area contributed by atoms with Crippen LogP contribution >= 0.6 is 23.5 Å². The molecule has 0 saturated carbocycles. The average molecular weight is 302 g/mol. The zero-order valence-electron chi connectivity index (χ0n) is 11.9. The van der Waals surface area contributed by atoms with E-state index in [2.05, 4.69) is 24.0 Å². The topological polar surface area (TPSA) is 59.2 Å². The van der Waals surface area contributed by atoms with Crippen LogP contribution in [0.4, 0.5) is 0 Å². The minimum atomic E-state index is -0.416. The van der Waals surface area contributed by atoms with E-state index >= 15 is 0 Å². The van der Waals surface area contributed by atoms with Crippen LogP contribution in [0.1, 0.15) is 44.7 Å². The molecule has 0 aromatic carbocycles. The van der Waals surface area contributed by atoms with E-state index in [4.69, 9.17) is 4.52 Å². The van der Waals surface area contributed by atoms with Gasteiger partial charge in [0.2, 0.25) is 5.89 Å². The molecule has 1 fully saturated rings. The van der Waals surface area contributed by atoms with Gasteiger partial charge in [0, 0.05) is 16.3 Å². The van der Waals surface area contributed by atoms with Gasteiger partial charge in [-0.1, -0.05) is 32.9 Å². The predicted octanol–water partition coefficient (Wildman–Crippen LogP) is 2.93. The van der Waals surface area contributed by atoms with Crippen molar-refractivity contribution in [1.29, 1.82) is 0 Å². The average Bonchev–Trinajstić information content (AvgIpc) is 2.81. The molecule has 0 amide bonds. The second-order valence-electron chi connectivity index (χ2n) is 5.43. The number of thioether (sulfide) groups is 2. The Kier molecular flexibility index (Phi) is 5.20. The van der Waals surface area contributed by atoms with Gasteiger partial charge in [0.15, 0.2) is 5.82 Å². The maximum absolute atomic E-state index is 9.84. The van der Waals surface area contributed by atoms with Gasteiger partial charge in [0.1, 0.15) is 0 Å². The number of nitrogens with zero attached hydrogens (tertiary/aromatic N) is 2. The van der Waals surface area contributed by atoms with Crippen LogP contribution in [-0.2, 0) is 6.42 Å². The predicted molar refractivity (Wildman–Crippen MR) is 80.6 cm³/mol. The number of rotatable bonds is 4. The molecule has 1 aliphatic heterocycles. The van der Waals surface area contributed by atoms with Crippen LogP contribution in [0.3, 0.4) is 0 Å². The Balaban J connectivity index is 1.97. The van der Waals surface area contributed by atoms with Gasteiger partial charge in [0.25, 0.3) is 0 Å². The first-order valence-electron chi connectivity index (χ1n) is 6.75. The zero-order valence-corrected chi connectivity index (χ0v) is 13.5. The smallest absolute Gasteiger partial charge is 0.229 e. The summed E-state index contributed by atoms with van der Waals surface area (Å²) in [7, 11) is 0. The molecule has 0 bridgehead atoms. The quantitative estimate of drug-likeness (QED) is 0.923. The van der Waals surface area contributed by atoms with Gasteiger partial charge in [0.05, 0.1) is 17.8 Å². The van der Waals surface area contributed by atoms with E-state index in [1.807, 2.05) is 37.4 Å². The van der Waals surface area contributed by atoms with Gasteiger partial charge >= 0.3 is 0 Å². The lowest BCUT2D eigenvalue weighted by Crippen LogP contribution is -2.22. The summed E-state index contributed by atoms with van der Waals surface area (Å²) < 4.78 is 5.26. The van der Waals surface area contributed by atoms with E-state index in [1.165, 1.54) is 0 Å². The Hall–Kier alpha value is -0.200. The molecule has 0 spiro atoms. The molecule has 1 saturated heterocycles. The number of aromatic nitrogens is 2. The molecule has 1 aromatic rings. The van der Waals surface area contributed by atoms with Crippen molar-refractivity contribution in [1.82, 2.24) is 10.1 Å². The normalized spacial score (nSPS) is 29.7. The third-order valence-corrected chi connectivity index (χ3v) is 6.86. The second-order valence-corrected chi connectivity index (χ2v) is 8.43. The summed E-state index contributed by atoms with van der Waals surface area (Å²) in [6.07, 6.45) is 0.0295. The van der Waals surface area contributed by atoms with Gasteiger partial charge in [-0.15, -0.1) is 11.8 Å². The summed E-state index contributed by atoms with van der Waals surface area (Å²) in [6.45, 7) is 8.48. The van der Waals surface area contributed by atoms with E-state index in [0.29, 0.717) is 28.1 Å². The summed E-state index contributed by atoms with van der Waals surface area (Å²) in [4.78, 5) is 4.44. The standard InChI is InChI=1S/C13H22N2O2S2/c1-7(2)10(16)5-12-14-13(15-17-12)11-6-18-8(3)9(4)19-11/h7-11,16H,5-6H2,1-4H3. The molecule has 4 unspecified atom stereocenters. The van der Waals surface area contributed by atoms with Gasteiger partial charge in [-0.25, -0.2) is 0 Å². The number of hydrogen-bond donors (Lipinski definition) is 1. The molecular weight excluding hydrogens is 280 g/mol. The summed E-state index contributed by atoms with van der Waals surface area (Å²) in [6, 6.07) is 0. The van der Waals surface area contributed by atoms with E-state index in [1.54, 1.807) is 0 Å². The Morgan fingerprint density at radius 3 is 2.74 bits per heavy atom. The summed E-state index contributed by atoms with van der Waals surface area (Å²) >= 11 is 3.88. The van der Waals surface area contributed by atoms with Gasteiger partial charge in [-0.3, -0.25) is 0 Å². The van der Waals surface area contributed by atoms with Crippen LogP contribution < -0.4 is 0 Å². The van der Waals surface area contributed by atoms with Gasteiger partial charge in [-0.05, 0) is 5.92 Å². The largest absolute Gasteiger partial charge is 0.392 e. The Morgan fingerprint density at radius 1 is 1.37 bits per heavy atom. The molecule has 0 radical (unpaired) electrons. The van der Waals surface area contributed by atoms with Crippen molar-refractivity contribution < 1.29 is 9.63 Å². The van der Waals surface area contributed by atoms with Gasteiger partial charge < -0.3 is 9.63 Å². The van der Waals surface area contributed by atoms with Crippen molar-refractivity contribution in [3.05, 3.63) is 11.7 Å². The van der Waals surface area contributed by atoms with Crippen LogP contribution in [-0.4, -0.2) is 37.6 Å². The Morgan fingerprint density at radius 2 is 2.11 bits per heavy atom. The lowest BCUT2D eigenvalue weighted by atomic mass is 10.0. The first-order chi connectivity index (χ1) is 8.97. The first-order valence-corrected chi connectivity index (χ1v) is 8.74. The number of aliphatic hydroxyl groups is 1. The maximum Gasteiger partial charge on any atom is 0.229 e. The SMILES string of the molecule is CC(C)C(O)Cc1nc(C2CSC(C)C(C)S2)no1. The van der Waals surface area contributed by atoms with Crippen LogP contribution in [0.5, 0.6) is 0 Å². The highest BCUT2D eigenvalue weighted by molar-refractivity contribution is 8.07. The highest BCUT2D eigenvalue weighted by Gasteiger charge is 2.30. The molecule has 0 aliphatic carbocycles. The molecule has 108 valence electrons. The van der Waals surface area contributed by atoms with Crippen molar-refractivity contribution in [3.8, 4) is 0 Å². The summed E-state index contributed by atoms with van der Waals surface area (Å²) in [5.41, 5.74) is 0. The molecule has 19 heavy (non-hydrogen) atoms. The summed E-state index contributed by atoms with van der Waals surface area (Å²) in [5.74, 6) is 2.56. The molecule has 2 rings (SSSR count). The minimum Gasteiger partial charge on any atom is -0.392 e. The highest BCUT2D eigenvalue weighted by atomic mass is 32.2. The van der Waals surface area contributed by atoms with Crippen molar-refractivity contribution in [2.24, 2.45) is 5.92 Å². The molecule has 1 aromatic heterocycles. The molecule has 1 N–H and O–H groups in total. The Labute approximate surface area is 123 Å². The number of aliphatic hydroxyl groups excluding tert-OH is 1. The van der Waals surface area contributed by atoms with Gasteiger partial charge in [-0.2, -0.15) is 16.7 Å². The van der Waals surface area contributed by atoms with Crippen LogP contribution in [0.2, 0.25) is 0 Å². The third kappa shape index (κ3) is 3.89. The zero-order chi connectivity index (χ0) is 14.0. The fourth-order valence-corrected chi connectivity index (χ4v) is 4.65. The van der Waals surface area contributed by atoms with Crippen molar-refractivity contribution in [2.45, 2.75) is 56.0 Å². The van der Waals surface area contributed by atoms with Crippen molar-refractivity contribution in [3.63, 3.8) is 0 Å². The fraction of sp³-hybridized carbons (Fsp3) is 0.846. The molecule has 6 heteroatoms. The highest BCUT2D eigenvalue weighted by Crippen LogP contribution is 2.43. The van der Waals surface area contributed by atoms with E-state index in [-0.39, 0.29) is 5.92 Å².